The minimum absolute atomic E-state index is 0.288. The molecule has 0 bridgehead atoms. The van der Waals surface area contributed by atoms with Crippen LogP contribution in [-0.4, -0.2) is 4.98 Å². The number of aryl methyl sites for hydroxylation is 1. The van der Waals surface area contributed by atoms with Gasteiger partial charge < -0.3 is 10.2 Å². The molecule has 15 heavy (non-hydrogen) atoms. The molecule has 0 aliphatic rings. The van der Waals surface area contributed by atoms with Gasteiger partial charge >= 0.3 is 0 Å². The molecule has 2 heterocycles. The standard InChI is InChI=1S/C11H11ClN2O/c1-7-2-3-8(6-14-7)10(13)9-4-5-15-11(9)12/h2-6,10H,13H2,1H3. The first-order chi connectivity index (χ1) is 7.18. The number of rotatable bonds is 2. The van der Waals surface area contributed by atoms with Crippen LogP contribution in [0.25, 0.3) is 0 Å². The lowest BCUT2D eigenvalue weighted by Gasteiger charge is -2.09. The van der Waals surface area contributed by atoms with Gasteiger partial charge in [0.05, 0.1) is 12.3 Å². The van der Waals surface area contributed by atoms with Crippen molar-refractivity contribution in [3.8, 4) is 0 Å². The number of aromatic nitrogens is 1. The molecule has 2 N–H and O–H groups in total. The van der Waals surface area contributed by atoms with Crippen LogP contribution in [0, 0.1) is 6.92 Å². The SMILES string of the molecule is Cc1ccc(C(N)c2ccoc2Cl)cn1. The maximum absolute atomic E-state index is 6.03. The predicted octanol–water partition coefficient (Wildman–Crippen LogP) is 2.68. The van der Waals surface area contributed by atoms with E-state index in [0.29, 0.717) is 5.22 Å². The molecule has 0 spiro atoms. The van der Waals surface area contributed by atoms with Gasteiger partial charge in [0.15, 0.2) is 5.22 Å². The Kier molecular flexibility index (Phi) is 2.75. The largest absolute Gasteiger partial charge is 0.453 e. The van der Waals surface area contributed by atoms with Crippen LogP contribution in [0.4, 0.5) is 0 Å². The van der Waals surface area contributed by atoms with E-state index in [9.17, 15) is 0 Å². The molecule has 0 aliphatic carbocycles. The van der Waals surface area contributed by atoms with Crippen molar-refractivity contribution < 1.29 is 4.42 Å². The molecule has 78 valence electrons. The lowest BCUT2D eigenvalue weighted by Crippen LogP contribution is -2.11. The molecular weight excluding hydrogens is 212 g/mol. The number of halogens is 1. The minimum Gasteiger partial charge on any atom is -0.453 e. The summed E-state index contributed by atoms with van der Waals surface area (Å²) in [6.07, 6.45) is 3.28. The van der Waals surface area contributed by atoms with Crippen molar-refractivity contribution in [3.05, 3.63) is 52.7 Å². The highest BCUT2D eigenvalue weighted by atomic mass is 35.5. The second-order valence-electron chi connectivity index (χ2n) is 3.36. The van der Waals surface area contributed by atoms with Gasteiger partial charge in [0.2, 0.25) is 0 Å². The lowest BCUT2D eigenvalue weighted by molar-refractivity contribution is 0.564. The second kappa shape index (κ2) is 4.04. The van der Waals surface area contributed by atoms with Crippen LogP contribution < -0.4 is 5.73 Å². The molecule has 3 nitrogen and oxygen atoms in total. The summed E-state index contributed by atoms with van der Waals surface area (Å²) in [5, 5.41) is 0.336. The van der Waals surface area contributed by atoms with Crippen molar-refractivity contribution in [2.45, 2.75) is 13.0 Å². The number of pyridine rings is 1. The van der Waals surface area contributed by atoms with E-state index in [1.54, 1.807) is 12.3 Å². The zero-order valence-electron chi connectivity index (χ0n) is 8.27. The van der Waals surface area contributed by atoms with Gasteiger partial charge in [-0.2, -0.15) is 0 Å². The summed E-state index contributed by atoms with van der Waals surface area (Å²) in [5.41, 5.74) is 8.69. The Morgan fingerprint density at radius 2 is 2.20 bits per heavy atom. The van der Waals surface area contributed by atoms with Crippen molar-refractivity contribution in [2.75, 3.05) is 0 Å². The third kappa shape index (κ3) is 2.03. The normalized spacial score (nSPS) is 12.7. The van der Waals surface area contributed by atoms with E-state index in [2.05, 4.69) is 4.98 Å². The molecule has 4 heteroatoms. The van der Waals surface area contributed by atoms with Crippen LogP contribution in [0.2, 0.25) is 5.22 Å². The monoisotopic (exact) mass is 222 g/mol. The third-order valence-electron chi connectivity index (χ3n) is 2.27. The Balaban J connectivity index is 2.32. The van der Waals surface area contributed by atoms with Gasteiger partial charge in [0.25, 0.3) is 0 Å². The Hall–Kier alpha value is -1.32. The predicted molar refractivity (Wildman–Crippen MR) is 58.7 cm³/mol. The molecule has 0 amide bonds. The van der Waals surface area contributed by atoms with Crippen molar-refractivity contribution >= 4 is 11.6 Å². The number of hydrogen-bond donors (Lipinski definition) is 1. The van der Waals surface area contributed by atoms with E-state index in [1.807, 2.05) is 19.1 Å². The Morgan fingerprint density at radius 1 is 1.40 bits per heavy atom. The summed E-state index contributed by atoms with van der Waals surface area (Å²) in [6.45, 7) is 1.93. The van der Waals surface area contributed by atoms with Crippen molar-refractivity contribution in [2.24, 2.45) is 5.73 Å². The number of nitrogens with two attached hydrogens (primary N) is 1. The van der Waals surface area contributed by atoms with Gasteiger partial charge in [-0.25, -0.2) is 0 Å². The molecule has 0 saturated carbocycles. The van der Waals surface area contributed by atoms with Gasteiger partial charge in [-0.15, -0.1) is 0 Å². The van der Waals surface area contributed by atoms with Gasteiger partial charge in [0, 0.05) is 17.5 Å². The molecule has 0 fully saturated rings. The quantitative estimate of drug-likeness (QED) is 0.850. The average molecular weight is 223 g/mol. The molecule has 0 aromatic carbocycles. The highest BCUT2D eigenvalue weighted by Crippen LogP contribution is 2.26. The number of furan rings is 1. The molecule has 0 aliphatic heterocycles. The first-order valence-electron chi connectivity index (χ1n) is 4.59. The molecule has 0 radical (unpaired) electrons. The van der Waals surface area contributed by atoms with E-state index in [1.165, 1.54) is 6.26 Å². The zero-order chi connectivity index (χ0) is 10.8. The highest BCUT2D eigenvalue weighted by Gasteiger charge is 2.14. The zero-order valence-corrected chi connectivity index (χ0v) is 9.03. The van der Waals surface area contributed by atoms with Crippen LogP contribution in [0.5, 0.6) is 0 Å². The summed E-state index contributed by atoms with van der Waals surface area (Å²) in [7, 11) is 0. The molecular formula is C11H11ClN2O. The van der Waals surface area contributed by atoms with Crippen LogP contribution in [-0.2, 0) is 0 Å². The second-order valence-corrected chi connectivity index (χ2v) is 3.70. The van der Waals surface area contributed by atoms with E-state index < -0.39 is 0 Å². The van der Waals surface area contributed by atoms with E-state index in [0.717, 1.165) is 16.8 Å². The molecule has 2 rings (SSSR count). The first kappa shape index (κ1) is 10.2. The fraction of sp³-hybridized carbons (Fsp3) is 0.182. The Morgan fingerprint density at radius 3 is 2.73 bits per heavy atom. The number of nitrogens with zero attached hydrogens (tertiary/aromatic N) is 1. The molecule has 1 atom stereocenters. The van der Waals surface area contributed by atoms with Crippen molar-refractivity contribution in [1.82, 2.24) is 4.98 Å². The fourth-order valence-corrected chi connectivity index (χ4v) is 1.60. The Labute approximate surface area is 92.9 Å². The van der Waals surface area contributed by atoms with Crippen LogP contribution >= 0.6 is 11.6 Å². The van der Waals surface area contributed by atoms with Gasteiger partial charge in [0.1, 0.15) is 0 Å². The molecule has 2 aromatic rings. The van der Waals surface area contributed by atoms with Gasteiger partial charge in [-0.05, 0) is 36.2 Å². The summed E-state index contributed by atoms with van der Waals surface area (Å²) >= 11 is 5.85. The maximum atomic E-state index is 6.03. The van der Waals surface area contributed by atoms with Crippen LogP contribution in [0.1, 0.15) is 22.9 Å². The molecule has 1 unspecified atom stereocenters. The fourth-order valence-electron chi connectivity index (χ4n) is 1.37. The van der Waals surface area contributed by atoms with Gasteiger partial charge in [-0.1, -0.05) is 6.07 Å². The minimum atomic E-state index is -0.288. The van der Waals surface area contributed by atoms with Crippen LogP contribution in [0.3, 0.4) is 0 Å². The highest BCUT2D eigenvalue weighted by molar-refractivity contribution is 6.29. The van der Waals surface area contributed by atoms with Crippen LogP contribution in [0.15, 0.2) is 35.1 Å². The first-order valence-corrected chi connectivity index (χ1v) is 4.97. The van der Waals surface area contributed by atoms with E-state index in [-0.39, 0.29) is 6.04 Å². The summed E-state index contributed by atoms with van der Waals surface area (Å²) in [6, 6.07) is 5.34. The van der Waals surface area contributed by atoms with Gasteiger partial charge in [-0.3, -0.25) is 4.98 Å². The molecule has 2 aromatic heterocycles. The number of hydrogen-bond acceptors (Lipinski definition) is 3. The summed E-state index contributed by atoms with van der Waals surface area (Å²) in [4.78, 5) is 4.19. The summed E-state index contributed by atoms with van der Waals surface area (Å²) in [5.74, 6) is 0. The summed E-state index contributed by atoms with van der Waals surface area (Å²) < 4.78 is 5.00. The van der Waals surface area contributed by atoms with E-state index >= 15 is 0 Å². The lowest BCUT2D eigenvalue weighted by atomic mass is 10.0. The Bertz CT molecular complexity index is 450. The van der Waals surface area contributed by atoms with Crippen molar-refractivity contribution in [1.29, 1.82) is 0 Å². The van der Waals surface area contributed by atoms with E-state index in [4.69, 9.17) is 21.8 Å². The molecule has 0 saturated heterocycles. The topological polar surface area (TPSA) is 52.0 Å². The smallest absolute Gasteiger partial charge is 0.198 e. The third-order valence-corrected chi connectivity index (χ3v) is 2.58. The van der Waals surface area contributed by atoms with Crippen molar-refractivity contribution in [3.63, 3.8) is 0 Å². The average Bonchev–Trinajstić information content (AvgIpc) is 2.65. The maximum Gasteiger partial charge on any atom is 0.198 e.